The van der Waals surface area contributed by atoms with E-state index >= 15 is 0 Å². The minimum Gasteiger partial charge on any atom is -0.361 e. The van der Waals surface area contributed by atoms with Crippen LogP contribution in [-0.2, 0) is 0 Å². The van der Waals surface area contributed by atoms with Gasteiger partial charge in [-0.1, -0.05) is 0 Å². The van der Waals surface area contributed by atoms with E-state index in [2.05, 4.69) is 26.6 Å². The fourth-order valence-corrected chi connectivity index (χ4v) is 3.55. The number of carbonyl (C=O) groups is 1. The van der Waals surface area contributed by atoms with Crippen molar-refractivity contribution in [3.63, 3.8) is 0 Å². The number of piperidine rings is 1. The van der Waals surface area contributed by atoms with Crippen LogP contribution in [-0.4, -0.2) is 57.3 Å². The number of anilines is 1. The summed E-state index contributed by atoms with van der Waals surface area (Å²) in [5.74, 6) is 1.11. The number of rotatable bonds is 3. The standard InChI is InChI=1S/C19H22N6O/c1-23(2)18-17-6-4-9-24(17)13-16(22-18)14-5-3-10-25(12-14)19(26)15-11-20-7-8-21-15/h4,6-9,11,13-14H,3,5,10,12H2,1-2H3/t14-/m0/s1. The van der Waals surface area contributed by atoms with Crippen LogP contribution in [0.2, 0.25) is 0 Å². The smallest absolute Gasteiger partial charge is 0.274 e. The molecular formula is C19H22N6O. The van der Waals surface area contributed by atoms with Gasteiger partial charge in [0.05, 0.1) is 17.4 Å². The zero-order valence-electron chi connectivity index (χ0n) is 15.0. The van der Waals surface area contributed by atoms with Crippen molar-refractivity contribution in [3.8, 4) is 0 Å². The first kappa shape index (κ1) is 16.5. The molecular weight excluding hydrogens is 328 g/mol. The highest BCUT2D eigenvalue weighted by Crippen LogP contribution is 2.29. The van der Waals surface area contributed by atoms with Crippen LogP contribution in [0, 0.1) is 0 Å². The van der Waals surface area contributed by atoms with Crippen molar-refractivity contribution in [1.29, 1.82) is 0 Å². The Balaban J connectivity index is 1.62. The largest absolute Gasteiger partial charge is 0.361 e. The Kier molecular flexibility index (Phi) is 4.28. The summed E-state index contributed by atoms with van der Waals surface area (Å²) >= 11 is 0. The van der Waals surface area contributed by atoms with Crippen molar-refractivity contribution < 1.29 is 4.79 Å². The Bertz CT molecular complexity index is 920. The van der Waals surface area contributed by atoms with Gasteiger partial charge >= 0.3 is 0 Å². The maximum absolute atomic E-state index is 12.7. The second-order valence-electron chi connectivity index (χ2n) is 6.87. The first-order valence-electron chi connectivity index (χ1n) is 8.83. The van der Waals surface area contributed by atoms with Crippen LogP contribution in [0.25, 0.3) is 5.52 Å². The molecule has 0 saturated carbocycles. The molecule has 0 unspecified atom stereocenters. The fraction of sp³-hybridized carbons (Fsp3) is 0.368. The zero-order chi connectivity index (χ0) is 18.1. The molecule has 0 aromatic carbocycles. The lowest BCUT2D eigenvalue weighted by molar-refractivity contribution is 0.0699. The molecule has 1 aliphatic heterocycles. The average molecular weight is 350 g/mol. The molecule has 3 aromatic heterocycles. The molecule has 1 aliphatic rings. The normalized spacial score (nSPS) is 17.5. The van der Waals surface area contributed by atoms with Crippen molar-refractivity contribution in [2.24, 2.45) is 0 Å². The van der Waals surface area contributed by atoms with Crippen LogP contribution in [0.1, 0.15) is 34.9 Å². The number of aromatic nitrogens is 4. The summed E-state index contributed by atoms with van der Waals surface area (Å²) in [6, 6.07) is 4.09. The predicted molar refractivity (Wildman–Crippen MR) is 99.4 cm³/mol. The molecule has 134 valence electrons. The van der Waals surface area contributed by atoms with E-state index in [1.807, 2.05) is 36.2 Å². The van der Waals surface area contributed by atoms with Gasteiger partial charge in [-0.25, -0.2) is 9.97 Å². The molecule has 1 saturated heterocycles. The lowest BCUT2D eigenvalue weighted by atomic mass is 9.94. The third-order valence-corrected chi connectivity index (χ3v) is 4.85. The molecule has 0 spiro atoms. The van der Waals surface area contributed by atoms with Crippen molar-refractivity contribution in [2.45, 2.75) is 18.8 Å². The van der Waals surface area contributed by atoms with E-state index in [-0.39, 0.29) is 11.8 Å². The van der Waals surface area contributed by atoms with Gasteiger partial charge in [0.15, 0.2) is 5.82 Å². The second kappa shape index (κ2) is 6.74. The third kappa shape index (κ3) is 3.00. The molecule has 7 heteroatoms. The summed E-state index contributed by atoms with van der Waals surface area (Å²) < 4.78 is 2.11. The van der Waals surface area contributed by atoms with Crippen LogP contribution >= 0.6 is 0 Å². The monoisotopic (exact) mass is 350 g/mol. The summed E-state index contributed by atoms with van der Waals surface area (Å²) in [6.07, 6.45) is 10.8. The van der Waals surface area contributed by atoms with Crippen molar-refractivity contribution in [1.82, 2.24) is 24.3 Å². The molecule has 0 bridgehead atoms. The maximum atomic E-state index is 12.7. The highest BCUT2D eigenvalue weighted by Gasteiger charge is 2.27. The van der Waals surface area contributed by atoms with Gasteiger partial charge in [-0.2, -0.15) is 0 Å². The van der Waals surface area contributed by atoms with Gasteiger partial charge in [0.1, 0.15) is 5.69 Å². The fourth-order valence-electron chi connectivity index (χ4n) is 3.55. The molecule has 1 amide bonds. The summed E-state index contributed by atoms with van der Waals surface area (Å²) in [5, 5.41) is 0. The summed E-state index contributed by atoms with van der Waals surface area (Å²) in [7, 11) is 4.01. The van der Waals surface area contributed by atoms with E-state index in [0.29, 0.717) is 12.2 Å². The quantitative estimate of drug-likeness (QED) is 0.724. The van der Waals surface area contributed by atoms with Crippen LogP contribution in [0.5, 0.6) is 0 Å². The zero-order valence-corrected chi connectivity index (χ0v) is 15.0. The topological polar surface area (TPSA) is 66.6 Å². The number of carbonyl (C=O) groups excluding carboxylic acids is 1. The summed E-state index contributed by atoms with van der Waals surface area (Å²) in [4.78, 5) is 29.7. The first-order valence-corrected chi connectivity index (χ1v) is 8.83. The Hall–Kier alpha value is -2.96. The predicted octanol–water partition coefficient (Wildman–Crippen LogP) is 2.21. The van der Waals surface area contributed by atoms with E-state index in [9.17, 15) is 4.79 Å². The molecule has 1 fully saturated rings. The first-order chi connectivity index (χ1) is 12.6. The van der Waals surface area contributed by atoms with Crippen LogP contribution in [0.15, 0.2) is 43.1 Å². The molecule has 4 rings (SSSR count). The van der Waals surface area contributed by atoms with Gasteiger partial charge in [-0.3, -0.25) is 9.78 Å². The van der Waals surface area contributed by atoms with Crippen molar-refractivity contribution in [3.05, 3.63) is 54.5 Å². The number of likely N-dealkylation sites (tertiary alicyclic amines) is 1. The summed E-state index contributed by atoms with van der Waals surface area (Å²) in [6.45, 7) is 1.40. The van der Waals surface area contributed by atoms with Gasteiger partial charge < -0.3 is 14.2 Å². The Morgan fingerprint density at radius 1 is 1.31 bits per heavy atom. The highest BCUT2D eigenvalue weighted by atomic mass is 16.2. The lowest BCUT2D eigenvalue weighted by Gasteiger charge is -2.32. The van der Waals surface area contributed by atoms with Gasteiger partial charge in [0.25, 0.3) is 5.91 Å². The van der Waals surface area contributed by atoms with E-state index in [4.69, 9.17) is 4.98 Å². The SMILES string of the molecule is CN(C)c1nc([C@H]2CCCN(C(=O)c3cnccn3)C2)cn2cccc12. The molecule has 4 heterocycles. The minimum absolute atomic E-state index is 0.0577. The lowest BCUT2D eigenvalue weighted by Crippen LogP contribution is -2.39. The van der Waals surface area contributed by atoms with E-state index in [0.717, 1.165) is 36.4 Å². The van der Waals surface area contributed by atoms with Gasteiger partial charge in [0, 0.05) is 57.9 Å². The van der Waals surface area contributed by atoms with Gasteiger partial charge in [-0.15, -0.1) is 0 Å². The van der Waals surface area contributed by atoms with Gasteiger partial charge in [0.2, 0.25) is 0 Å². The second-order valence-corrected chi connectivity index (χ2v) is 6.87. The third-order valence-electron chi connectivity index (χ3n) is 4.85. The van der Waals surface area contributed by atoms with E-state index in [1.165, 1.54) is 6.20 Å². The molecule has 26 heavy (non-hydrogen) atoms. The molecule has 0 aliphatic carbocycles. The Morgan fingerprint density at radius 3 is 2.96 bits per heavy atom. The maximum Gasteiger partial charge on any atom is 0.274 e. The van der Waals surface area contributed by atoms with Gasteiger partial charge in [-0.05, 0) is 25.0 Å². The molecule has 7 nitrogen and oxygen atoms in total. The minimum atomic E-state index is -0.0577. The van der Waals surface area contributed by atoms with Crippen LogP contribution in [0.3, 0.4) is 0 Å². The Labute approximate surface area is 152 Å². The number of nitrogens with zero attached hydrogens (tertiary/aromatic N) is 6. The number of amides is 1. The number of hydrogen-bond acceptors (Lipinski definition) is 5. The molecule has 0 radical (unpaired) electrons. The van der Waals surface area contributed by atoms with E-state index in [1.54, 1.807) is 12.4 Å². The van der Waals surface area contributed by atoms with Crippen molar-refractivity contribution in [2.75, 3.05) is 32.1 Å². The van der Waals surface area contributed by atoms with Crippen LogP contribution in [0.4, 0.5) is 5.82 Å². The van der Waals surface area contributed by atoms with Crippen molar-refractivity contribution >= 4 is 17.2 Å². The molecule has 1 atom stereocenters. The number of hydrogen-bond donors (Lipinski definition) is 0. The van der Waals surface area contributed by atoms with E-state index < -0.39 is 0 Å². The molecule has 3 aromatic rings. The Morgan fingerprint density at radius 2 is 2.19 bits per heavy atom. The molecule has 0 N–H and O–H groups in total. The summed E-state index contributed by atoms with van der Waals surface area (Å²) in [5.41, 5.74) is 2.51. The van der Waals surface area contributed by atoms with Crippen LogP contribution < -0.4 is 4.90 Å². The number of fused-ring (bicyclic) bond motifs is 1. The highest BCUT2D eigenvalue weighted by molar-refractivity contribution is 5.92. The average Bonchev–Trinajstić information content (AvgIpc) is 3.16.